The maximum atomic E-state index is 14.4. The molecule has 1 aromatic rings. The van der Waals surface area contributed by atoms with Crippen molar-refractivity contribution in [2.24, 2.45) is 4.99 Å². The third-order valence-electron chi connectivity index (χ3n) is 4.76. The molecule has 1 atom stereocenters. The Kier molecular flexibility index (Phi) is 4.40. The van der Waals surface area contributed by atoms with Gasteiger partial charge in [-0.3, -0.25) is 19.4 Å². The first-order valence-corrected chi connectivity index (χ1v) is 9.99. The molecule has 25 heavy (non-hydrogen) atoms. The van der Waals surface area contributed by atoms with Gasteiger partial charge in [0.05, 0.1) is 11.9 Å². The van der Waals surface area contributed by atoms with Gasteiger partial charge >= 0.3 is 6.09 Å². The highest BCUT2D eigenvalue weighted by atomic mass is 79.9. The quantitative estimate of drug-likeness (QED) is 0.462. The number of amidine groups is 1. The molecule has 7 nitrogen and oxygen atoms in total. The topological polar surface area (TPSA) is 122 Å². The number of carboxylic acid groups (broad SMARTS) is 1. The minimum atomic E-state index is -3.40. The van der Waals surface area contributed by atoms with Crippen LogP contribution < -0.4 is 5.32 Å². The lowest BCUT2D eigenvalue weighted by Gasteiger charge is -2.61. The van der Waals surface area contributed by atoms with Crippen LogP contribution in [-0.4, -0.2) is 47.9 Å². The van der Waals surface area contributed by atoms with E-state index in [1.54, 1.807) is 0 Å². The second-order valence-corrected chi connectivity index (χ2v) is 9.98. The zero-order valence-corrected chi connectivity index (χ0v) is 15.6. The highest BCUT2D eigenvalue weighted by Crippen LogP contribution is 2.66. The van der Waals surface area contributed by atoms with Gasteiger partial charge in [0.1, 0.15) is 21.9 Å². The Labute approximate surface area is 153 Å². The van der Waals surface area contributed by atoms with E-state index < -0.39 is 38.9 Å². The Morgan fingerprint density at radius 1 is 1.44 bits per heavy atom. The molecule has 0 saturated heterocycles. The number of nitrogens with zero attached hydrogens (tertiary/aromatic N) is 1. The summed E-state index contributed by atoms with van der Waals surface area (Å²) >= 11 is 3.25. The molecule has 138 valence electrons. The van der Waals surface area contributed by atoms with Crippen LogP contribution in [0, 0.1) is 5.82 Å². The van der Waals surface area contributed by atoms with Crippen molar-refractivity contribution in [2.75, 3.05) is 5.75 Å². The molecule has 1 aliphatic carbocycles. The average Bonchev–Trinajstić information content (AvgIpc) is 2.43. The summed E-state index contributed by atoms with van der Waals surface area (Å²) in [5, 5.41) is 20.9. The van der Waals surface area contributed by atoms with Crippen molar-refractivity contribution in [3.8, 4) is 0 Å². The van der Waals surface area contributed by atoms with Crippen molar-refractivity contribution in [2.45, 2.75) is 36.2 Å². The molecular formula is C15H18BrFN2O5S. The molecule has 1 saturated carbocycles. The Morgan fingerprint density at radius 3 is 2.64 bits per heavy atom. The second kappa shape index (κ2) is 5.92. The summed E-state index contributed by atoms with van der Waals surface area (Å²) in [6, 6.07) is 4.22. The van der Waals surface area contributed by atoms with Gasteiger partial charge in [0.2, 0.25) is 0 Å². The van der Waals surface area contributed by atoms with E-state index in [2.05, 4.69) is 26.2 Å². The lowest BCUT2D eigenvalue weighted by Crippen LogP contribution is -2.65. The number of carbonyl (C=O) groups is 1. The Balaban J connectivity index is 2.16. The molecule has 1 spiro atoms. The number of hydrogen-bond acceptors (Lipinski definition) is 5. The maximum absolute atomic E-state index is 14.4. The third kappa shape index (κ3) is 2.95. The molecule has 1 aromatic carbocycles. The van der Waals surface area contributed by atoms with Gasteiger partial charge in [-0.2, -0.15) is 10.6 Å². The summed E-state index contributed by atoms with van der Waals surface area (Å²) in [6.45, 7) is 1.53. The number of benzene rings is 1. The monoisotopic (exact) mass is 436 g/mol. The maximum Gasteiger partial charge on any atom is 0.410 e. The average molecular weight is 437 g/mol. The Bertz CT molecular complexity index is 768. The number of aliphatic hydroxyl groups is 1. The number of hydrogen-bond donors (Lipinski definition) is 5. The van der Waals surface area contributed by atoms with Gasteiger partial charge < -0.3 is 10.2 Å². The van der Waals surface area contributed by atoms with E-state index in [4.69, 9.17) is 5.11 Å². The first kappa shape index (κ1) is 18.6. The predicted molar refractivity (Wildman–Crippen MR) is 95.7 cm³/mol. The second-order valence-electron chi connectivity index (χ2n) is 6.66. The van der Waals surface area contributed by atoms with Gasteiger partial charge in [-0.15, -0.1) is 0 Å². The summed E-state index contributed by atoms with van der Waals surface area (Å²) in [5.41, 5.74) is -1.24. The van der Waals surface area contributed by atoms with Crippen molar-refractivity contribution in [1.29, 1.82) is 0 Å². The van der Waals surface area contributed by atoms with Crippen molar-refractivity contribution >= 4 is 38.4 Å². The van der Waals surface area contributed by atoms with Crippen LogP contribution in [0.1, 0.15) is 25.3 Å². The fraction of sp³-hybridized carbons (Fsp3) is 0.467. The van der Waals surface area contributed by atoms with E-state index in [1.165, 1.54) is 25.1 Å². The predicted octanol–water partition coefficient (Wildman–Crippen LogP) is 3.13. The summed E-state index contributed by atoms with van der Waals surface area (Å²) < 4.78 is 35.2. The molecule has 1 amide bonds. The van der Waals surface area contributed by atoms with Gasteiger partial charge in [-0.1, -0.05) is 15.9 Å². The van der Waals surface area contributed by atoms with E-state index in [0.717, 1.165) is 0 Å². The summed E-state index contributed by atoms with van der Waals surface area (Å²) in [4.78, 5) is 15.6. The Morgan fingerprint density at radius 2 is 2.08 bits per heavy atom. The van der Waals surface area contributed by atoms with E-state index in [-0.39, 0.29) is 30.0 Å². The van der Waals surface area contributed by atoms with Crippen LogP contribution in [0.3, 0.4) is 0 Å². The number of aliphatic hydroxyl groups excluding tert-OH is 1. The van der Waals surface area contributed by atoms with E-state index in [1.807, 2.05) is 0 Å². The van der Waals surface area contributed by atoms with E-state index >= 15 is 0 Å². The fourth-order valence-electron chi connectivity index (χ4n) is 3.52. The van der Waals surface area contributed by atoms with Crippen LogP contribution in [0.25, 0.3) is 0 Å². The minimum Gasteiger partial charge on any atom is -0.465 e. The van der Waals surface area contributed by atoms with Crippen molar-refractivity contribution in [3.05, 3.63) is 34.1 Å². The molecule has 0 unspecified atom stereocenters. The fourth-order valence-corrected chi connectivity index (χ4v) is 6.49. The number of aliphatic imine (C=N–C) groups is 1. The molecule has 0 radical (unpaired) electrons. The van der Waals surface area contributed by atoms with Gasteiger partial charge in [-0.25, -0.2) is 9.18 Å². The van der Waals surface area contributed by atoms with E-state index in [9.17, 15) is 23.4 Å². The number of halogens is 2. The van der Waals surface area contributed by atoms with Crippen LogP contribution in [0.15, 0.2) is 27.7 Å². The van der Waals surface area contributed by atoms with Crippen molar-refractivity contribution < 1.29 is 28.5 Å². The van der Waals surface area contributed by atoms with Crippen LogP contribution in [0.4, 0.5) is 9.18 Å². The molecule has 1 heterocycles. The smallest absolute Gasteiger partial charge is 0.410 e. The SMILES string of the molecule is C[C@@]1(c2cc(Br)ccc2F)CS(O)(O)C2(CC(O)C2)C(NC(=O)O)=N1. The first-order chi connectivity index (χ1) is 11.5. The third-order valence-corrected chi connectivity index (χ3v) is 8.00. The zero-order valence-electron chi connectivity index (χ0n) is 13.2. The molecule has 3 rings (SSSR count). The number of nitrogens with one attached hydrogen (secondary N) is 1. The number of amides is 1. The molecule has 1 fully saturated rings. The van der Waals surface area contributed by atoms with Crippen LogP contribution >= 0.6 is 26.5 Å². The largest absolute Gasteiger partial charge is 0.465 e. The lowest BCUT2D eigenvalue weighted by atomic mass is 9.79. The first-order valence-electron chi connectivity index (χ1n) is 7.48. The molecule has 1 aliphatic heterocycles. The summed E-state index contributed by atoms with van der Waals surface area (Å²) in [7, 11) is -3.40. The summed E-state index contributed by atoms with van der Waals surface area (Å²) in [6.07, 6.45) is -2.19. The molecule has 0 bridgehead atoms. The highest BCUT2D eigenvalue weighted by molar-refractivity contribution is 9.10. The summed E-state index contributed by atoms with van der Waals surface area (Å²) in [5.74, 6) is -0.979. The van der Waals surface area contributed by atoms with E-state index in [0.29, 0.717) is 4.47 Å². The van der Waals surface area contributed by atoms with Gasteiger partial charge in [0.25, 0.3) is 0 Å². The molecule has 10 heteroatoms. The Hall–Kier alpha value is -1.20. The van der Waals surface area contributed by atoms with Crippen molar-refractivity contribution in [1.82, 2.24) is 5.32 Å². The standard InChI is InChI=1S/C15H18BrFN2O5S/c1-14(10-4-8(16)2-3-11(10)17)7-25(23,24)15(5-9(20)6-15)12(19-14)18-13(21)22/h2-4,9,20,23-24H,5-7H2,1H3,(H,18,19)(H,21,22)/t9?,14-,15?/m0/s1. The van der Waals surface area contributed by atoms with Crippen LogP contribution in [0.5, 0.6) is 0 Å². The molecule has 0 aromatic heterocycles. The molecule has 5 N–H and O–H groups in total. The van der Waals surface area contributed by atoms with Gasteiger partial charge in [0.15, 0.2) is 0 Å². The molecule has 2 aliphatic rings. The molecular weight excluding hydrogens is 419 g/mol. The van der Waals surface area contributed by atoms with Crippen LogP contribution in [0.2, 0.25) is 0 Å². The zero-order chi connectivity index (χ0) is 18.6. The minimum absolute atomic E-state index is 0.00844. The van der Waals surface area contributed by atoms with Gasteiger partial charge in [0, 0.05) is 22.9 Å². The van der Waals surface area contributed by atoms with Crippen LogP contribution in [-0.2, 0) is 5.54 Å². The highest BCUT2D eigenvalue weighted by Gasteiger charge is 2.62. The van der Waals surface area contributed by atoms with Gasteiger partial charge in [-0.05, 0) is 25.1 Å². The lowest BCUT2D eigenvalue weighted by molar-refractivity contribution is 0.0733. The number of rotatable bonds is 1. The normalized spacial score (nSPS) is 34.8. The van der Waals surface area contributed by atoms with Crippen molar-refractivity contribution in [3.63, 3.8) is 0 Å².